The third-order valence-corrected chi connectivity index (χ3v) is 6.11. The molecule has 4 rings (SSSR count). The van der Waals surface area contributed by atoms with Gasteiger partial charge < -0.3 is 9.84 Å². The van der Waals surface area contributed by atoms with Crippen molar-refractivity contribution in [3.05, 3.63) is 91.3 Å². The molecule has 1 atom stereocenters. The Morgan fingerprint density at radius 2 is 1.97 bits per heavy atom. The largest absolute Gasteiger partial charge is 0.443 e. The van der Waals surface area contributed by atoms with Gasteiger partial charge in [-0.2, -0.15) is 4.99 Å². The van der Waals surface area contributed by atoms with Gasteiger partial charge in [0, 0.05) is 31.1 Å². The molecule has 2 heterocycles. The van der Waals surface area contributed by atoms with Gasteiger partial charge in [-0.05, 0) is 61.6 Å². The molecule has 3 aromatic rings. The Bertz CT molecular complexity index is 1330. The molecule has 0 spiro atoms. The second kappa shape index (κ2) is 10.4. The van der Waals surface area contributed by atoms with Crippen LogP contribution in [0.25, 0.3) is 0 Å². The highest BCUT2D eigenvalue weighted by Crippen LogP contribution is 2.29. The van der Waals surface area contributed by atoms with Gasteiger partial charge in [0.2, 0.25) is 0 Å². The topological polar surface area (TPSA) is 85.8 Å². The van der Waals surface area contributed by atoms with Gasteiger partial charge in [-0.25, -0.2) is 9.18 Å². The SMILES string of the molecule is Cn1c2c(c(=O)n(CCCO)c1=O)CCC(Cc1ccc(F)cc1)C(Oc1cccc(Cl)c1)=N2. The van der Waals surface area contributed by atoms with Gasteiger partial charge in [0.05, 0.1) is 5.56 Å². The standard InChI is InChI=1S/C25H25ClFN3O4/c1-29-22-21(24(32)30(25(29)33)12-3-13-31)11-8-17(14-16-6-9-19(27)10-7-16)23(28-22)34-20-5-2-4-18(26)15-20/h2,4-7,9-10,15,17,31H,3,8,11-14H2,1H3. The average molecular weight is 486 g/mol. The van der Waals surface area contributed by atoms with Crippen LogP contribution in [0.5, 0.6) is 5.75 Å². The molecule has 1 aliphatic heterocycles. The fourth-order valence-corrected chi connectivity index (χ4v) is 4.28. The van der Waals surface area contributed by atoms with E-state index in [2.05, 4.69) is 4.99 Å². The van der Waals surface area contributed by atoms with Crippen LogP contribution in [0.4, 0.5) is 10.2 Å². The van der Waals surface area contributed by atoms with E-state index in [4.69, 9.17) is 21.4 Å². The van der Waals surface area contributed by atoms with Crippen LogP contribution in [0.1, 0.15) is 24.0 Å². The zero-order valence-electron chi connectivity index (χ0n) is 18.7. The van der Waals surface area contributed by atoms with Crippen molar-refractivity contribution >= 4 is 23.3 Å². The van der Waals surface area contributed by atoms with E-state index >= 15 is 0 Å². The van der Waals surface area contributed by atoms with Gasteiger partial charge in [-0.3, -0.25) is 13.9 Å². The second-order valence-electron chi connectivity index (χ2n) is 8.25. The molecule has 0 saturated heterocycles. The van der Waals surface area contributed by atoms with Gasteiger partial charge in [0.25, 0.3) is 5.56 Å². The minimum absolute atomic E-state index is 0.123. The Labute approximate surface area is 200 Å². The van der Waals surface area contributed by atoms with Crippen LogP contribution in [0.15, 0.2) is 63.1 Å². The minimum Gasteiger partial charge on any atom is -0.443 e. The summed E-state index contributed by atoms with van der Waals surface area (Å²) in [6, 6.07) is 13.1. The number of aliphatic hydroxyl groups excluding tert-OH is 1. The summed E-state index contributed by atoms with van der Waals surface area (Å²) in [5.41, 5.74) is 0.419. The number of halogens is 2. The van der Waals surface area contributed by atoms with E-state index in [1.165, 1.54) is 16.7 Å². The van der Waals surface area contributed by atoms with Crippen LogP contribution in [-0.4, -0.2) is 26.7 Å². The molecular weight excluding hydrogens is 461 g/mol. The van der Waals surface area contributed by atoms with E-state index < -0.39 is 11.2 Å². The van der Waals surface area contributed by atoms with Crippen molar-refractivity contribution in [2.75, 3.05) is 6.61 Å². The van der Waals surface area contributed by atoms with E-state index in [1.54, 1.807) is 43.4 Å². The maximum absolute atomic E-state index is 13.4. The lowest BCUT2D eigenvalue weighted by Gasteiger charge is -2.18. The molecule has 34 heavy (non-hydrogen) atoms. The van der Waals surface area contributed by atoms with Crippen LogP contribution >= 0.6 is 11.6 Å². The number of nitrogens with zero attached hydrogens (tertiary/aromatic N) is 3. The van der Waals surface area contributed by atoms with Gasteiger partial charge in [0.15, 0.2) is 5.90 Å². The lowest BCUT2D eigenvalue weighted by atomic mass is 9.93. The first-order chi connectivity index (χ1) is 16.4. The monoisotopic (exact) mass is 485 g/mol. The quantitative estimate of drug-likeness (QED) is 0.577. The van der Waals surface area contributed by atoms with Gasteiger partial charge in [-0.15, -0.1) is 0 Å². The number of aromatic nitrogens is 2. The number of fused-ring (bicyclic) bond motifs is 1. The lowest BCUT2D eigenvalue weighted by Crippen LogP contribution is -2.41. The van der Waals surface area contributed by atoms with Crippen molar-refractivity contribution in [2.45, 2.75) is 32.2 Å². The van der Waals surface area contributed by atoms with E-state index in [0.717, 1.165) is 10.1 Å². The third-order valence-electron chi connectivity index (χ3n) is 5.87. The number of benzene rings is 2. The third kappa shape index (κ3) is 5.13. The predicted octanol–water partition coefficient (Wildman–Crippen LogP) is 3.64. The summed E-state index contributed by atoms with van der Waals surface area (Å²) in [5.74, 6) is 0.554. The van der Waals surface area contributed by atoms with Crippen LogP contribution in [0.2, 0.25) is 5.02 Å². The Balaban J connectivity index is 1.79. The predicted molar refractivity (Wildman–Crippen MR) is 129 cm³/mol. The molecule has 0 bridgehead atoms. The smallest absolute Gasteiger partial charge is 0.332 e. The molecule has 0 amide bonds. The number of rotatable bonds is 6. The summed E-state index contributed by atoms with van der Waals surface area (Å²) in [7, 11) is 1.57. The first kappa shape index (κ1) is 23.9. The number of hydrogen-bond acceptors (Lipinski definition) is 5. The summed E-state index contributed by atoms with van der Waals surface area (Å²) in [6.45, 7) is 0.00603. The summed E-state index contributed by atoms with van der Waals surface area (Å²) in [6.07, 6.45) is 1.74. The van der Waals surface area contributed by atoms with Gasteiger partial charge in [-0.1, -0.05) is 29.8 Å². The van der Waals surface area contributed by atoms with Crippen LogP contribution in [0.3, 0.4) is 0 Å². The summed E-state index contributed by atoms with van der Waals surface area (Å²) >= 11 is 6.12. The fraction of sp³-hybridized carbons (Fsp3) is 0.320. The van der Waals surface area contributed by atoms with Crippen LogP contribution in [0, 0.1) is 11.7 Å². The van der Waals surface area contributed by atoms with Gasteiger partial charge in [0.1, 0.15) is 17.4 Å². The molecule has 0 saturated carbocycles. The maximum Gasteiger partial charge on any atom is 0.332 e. The number of ether oxygens (including phenoxy) is 1. The van der Waals surface area contributed by atoms with Crippen LogP contribution in [-0.2, 0) is 26.4 Å². The number of hydrogen-bond donors (Lipinski definition) is 1. The highest BCUT2D eigenvalue weighted by molar-refractivity contribution is 6.30. The van der Waals surface area contributed by atoms with Crippen molar-refractivity contribution in [3.63, 3.8) is 0 Å². The highest BCUT2D eigenvalue weighted by Gasteiger charge is 2.28. The Morgan fingerprint density at radius 3 is 2.68 bits per heavy atom. The molecule has 1 aliphatic rings. The van der Waals surface area contributed by atoms with E-state index in [9.17, 15) is 14.0 Å². The first-order valence-corrected chi connectivity index (χ1v) is 11.4. The molecule has 0 fully saturated rings. The Morgan fingerprint density at radius 1 is 1.21 bits per heavy atom. The summed E-state index contributed by atoms with van der Waals surface area (Å²) in [5, 5.41) is 9.65. The Hall–Kier alpha value is -3.23. The zero-order valence-corrected chi connectivity index (χ0v) is 19.5. The van der Waals surface area contributed by atoms with E-state index in [1.807, 2.05) is 0 Å². The molecule has 178 valence electrons. The highest BCUT2D eigenvalue weighted by atomic mass is 35.5. The first-order valence-electron chi connectivity index (χ1n) is 11.1. The van der Waals surface area contributed by atoms with Crippen molar-refractivity contribution in [1.82, 2.24) is 9.13 Å². The van der Waals surface area contributed by atoms with Crippen molar-refractivity contribution < 1.29 is 14.2 Å². The second-order valence-corrected chi connectivity index (χ2v) is 8.69. The molecular formula is C25H25ClFN3O4. The molecule has 0 aliphatic carbocycles. The van der Waals surface area contributed by atoms with E-state index in [0.29, 0.717) is 47.9 Å². The lowest BCUT2D eigenvalue weighted by molar-refractivity contribution is 0.277. The normalized spacial score (nSPS) is 15.4. The molecule has 0 radical (unpaired) electrons. The summed E-state index contributed by atoms with van der Waals surface area (Å²) in [4.78, 5) is 30.7. The zero-order chi connectivity index (χ0) is 24.2. The molecule has 1 unspecified atom stereocenters. The fourth-order valence-electron chi connectivity index (χ4n) is 4.10. The van der Waals surface area contributed by atoms with E-state index in [-0.39, 0.29) is 30.7 Å². The van der Waals surface area contributed by atoms with Crippen LogP contribution < -0.4 is 16.0 Å². The molecule has 2 aromatic carbocycles. The van der Waals surface area contributed by atoms with Gasteiger partial charge >= 0.3 is 5.69 Å². The molecule has 1 N–H and O–H groups in total. The summed E-state index contributed by atoms with van der Waals surface area (Å²) < 4.78 is 22.0. The maximum atomic E-state index is 13.4. The minimum atomic E-state index is -0.500. The molecule has 1 aromatic heterocycles. The molecule has 7 nitrogen and oxygen atoms in total. The number of aliphatic hydroxyl groups is 1. The average Bonchev–Trinajstić information content (AvgIpc) is 2.99. The van der Waals surface area contributed by atoms with Crippen molar-refractivity contribution in [2.24, 2.45) is 18.0 Å². The van der Waals surface area contributed by atoms with Crippen molar-refractivity contribution in [3.8, 4) is 5.75 Å². The Kier molecular flexibility index (Phi) is 7.29. The van der Waals surface area contributed by atoms with Crippen molar-refractivity contribution in [1.29, 1.82) is 0 Å². The number of aliphatic imine (C=N–C) groups is 1. The molecule has 9 heteroatoms.